The average molecular weight is 305 g/mol. The highest BCUT2D eigenvalue weighted by molar-refractivity contribution is 5.90. The number of fused-ring (bicyclic) bond motifs is 1. The van der Waals surface area contributed by atoms with E-state index in [4.69, 9.17) is 0 Å². The summed E-state index contributed by atoms with van der Waals surface area (Å²) in [4.78, 5) is 5.32. The molecule has 1 aliphatic rings. The minimum atomic E-state index is -0.313. The van der Waals surface area contributed by atoms with Crippen LogP contribution >= 0.6 is 0 Å². The van der Waals surface area contributed by atoms with Crippen LogP contribution < -0.4 is 4.90 Å². The number of nitriles is 1. The molecule has 1 saturated heterocycles. The van der Waals surface area contributed by atoms with E-state index in [0.29, 0.717) is 24.2 Å². The van der Waals surface area contributed by atoms with Gasteiger partial charge in [0.25, 0.3) is 0 Å². The van der Waals surface area contributed by atoms with Gasteiger partial charge in [-0.15, -0.1) is 0 Å². The Morgan fingerprint density at radius 3 is 2.57 bits per heavy atom. The smallest absolute Gasteiger partial charge is 0.156 e. The van der Waals surface area contributed by atoms with Crippen LogP contribution in [0, 0.1) is 22.6 Å². The van der Waals surface area contributed by atoms with Gasteiger partial charge in [0.2, 0.25) is 0 Å². The molecule has 2 aromatic carbocycles. The molecule has 0 atom stereocenters. The van der Waals surface area contributed by atoms with Crippen molar-refractivity contribution in [3.63, 3.8) is 0 Å². The molecule has 3 aromatic rings. The molecule has 1 aliphatic heterocycles. The van der Waals surface area contributed by atoms with Crippen molar-refractivity contribution >= 4 is 16.6 Å². The summed E-state index contributed by atoms with van der Waals surface area (Å²) in [5.74, 6) is -0.225. The van der Waals surface area contributed by atoms with Crippen molar-refractivity contribution in [3.8, 4) is 17.3 Å². The summed E-state index contributed by atoms with van der Waals surface area (Å²) < 4.78 is 14.8. The maximum Gasteiger partial charge on any atom is 0.156 e. The molecule has 1 fully saturated rings. The highest BCUT2D eigenvalue weighted by atomic mass is 19.1. The van der Waals surface area contributed by atoms with Crippen molar-refractivity contribution < 1.29 is 4.39 Å². The van der Waals surface area contributed by atoms with Crippen LogP contribution in [0.2, 0.25) is 0 Å². The normalized spacial score (nSPS) is 16.1. The summed E-state index contributed by atoms with van der Waals surface area (Å²) in [7, 11) is 0. The molecule has 1 N–H and O–H groups in total. The Kier molecular flexibility index (Phi) is 2.92. The lowest BCUT2D eigenvalue weighted by atomic mass is 9.83. The first kappa shape index (κ1) is 13.8. The lowest BCUT2D eigenvalue weighted by molar-refractivity contribution is 0.337. The monoisotopic (exact) mass is 305 g/mol. The number of hydrogen-bond donors (Lipinski definition) is 1. The number of nitrogens with one attached hydrogen (secondary N) is 1. The third-order valence-corrected chi connectivity index (χ3v) is 4.51. The van der Waals surface area contributed by atoms with Crippen molar-refractivity contribution in [1.29, 1.82) is 5.26 Å². The van der Waals surface area contributed by atoms with E-state index in [1.165, 1.54) is 0 Å². The van der Waals surface area contributed by atoms with Crippen molar-refractivity contribution in [2.24, 2.45) is 5.41 Å². The fraction of sp³-hybridized carbons (Fsp3) is 0.211. The van der Waals surface area contributed by atoms with Crippen molar-refractivity contribution in [2.45, 2.75) is 6.92 Å². The Balaban J connectivity index is 1.81. The second-order valence-corrected chi connectivity index (χ2v) is 6.41. The molecular weight excluding hydrogens is 289 g/mol. The first-order valence-corrected chi connectivity index (χ1v) is 7.63. The maximum absolute atomic E-state index is 14.8. The van der Waals surface area contributed by atoms with Crippen LogP contribution in [0.25, 0.3) is 22.2 Å². The molecule has 0 unspecified atom stereocenters. The van der Waals surface area contributed by atoms with E-state index < -0.39 is 0 Å². The van der Waals surface area contributed by atoms with Gasteiger partial charge >= 0.3 is 0 Å². The van der Waals surface area contributed by atoms with Crippen LogP contribution in [0.1, 0.15) is 6.92 Å². The number of aromatic nitrogens is 1. The zero-order chi connectivity index (χ0) is 16.0. The zero-order valence-electron chi connectivity index (χ0n) is 12.8. The van der Waals surface area contributed by atoms with Gasteiger partial charge in [0.1, 0.15) is 0 Å². The Hall–Kier alpha value is -2.80. The molecule has 3 nitrogen and oxygen atoms in total. The van der Waals surface area contributed by atoms with Crippen LogP contribution in [0.15, 0.2) is 48.5 Å². The van der Waals surface area contributed by atoms with Crippen LogP contribution in [0.5, 0.6) is 0 Å². The fourth-order valence-electron chi connectivity index (χ4n) is 3.29. The molecule has 4 heteroatoms. The van der Waals surface area contributed by atoms with Gasteiger partial charge in [-0.1, -0.05) is 30.3 Å². The molecule has 0 saturated carbocycles. The standard InChI is InChI=1S/C19H16FN3/c1-19(10-21)11-23(12-19)16-9-5-3-7-14(16)18-17(20)13-6-2-4-8-15(13)22-18/h2-9,22H,11-12H2,1H3. The Labute approximate surface area is 134 Å². The van der Waals surface area contributed by atoms with Gasteiger partial charge in [-0.2, -0.15) is 5.26 Å². The summed E-state index contributed by atoms with van der Waals surface area (Å²) in [6.45, 7) is 3.29. The number of nitrogens with zero attached hydrogens (tertiary/aromatic N) is 2. The summed E-state index contributed by atoms with van der Waals surface area (Å²) in [5, 5.41) is 9.79. The van der Waals surface area contributed by atoms with Crippen LogP contribution in [0.4, 0.5) is 10.1 Å². The molecule has 2 heterocycles. The summed E-state index contributed by atoms with van der Waals surface area (Å²) >= 11 is 0. The molecule has 23 heavy (non-hydrogen) atoms. The maximum atomic E-state index is 14.8. The van der Waals surface area contributed by atoms with E-state index in [1.54, 1.807) is 6.07 Å². The van der Waals surface area contributed by atoms with Crippen molar-refractivity contribution in [3.05, 3.63) is 54.3 Å². The van der Waals surface area contributed by atoms with Gasteiger partial charge in [-0.05, 0) is 25.1 Å². The van der Waals surface area contributed by atoms with E-state index in [-0.39, 0.29) is 11.2 Å². The zero-order valence-corrected chi connectivity index (χ0v) is 12.8. The molecular formula is C19H16FN3. The first-order chi connectivity index (χ1) is 11.1. The quantitative estimate of drug-likeness (QED) is 0.766. The number of aromatic amines is 1. The number of H-pyrrole nitrogens is 1. The number of halogens is 1. The van der Waals surface area contributed by atoms with E-state index in [9.17, 15) is 9.65 Å². The summed E-state index contributed by atoms with van der Waals surface area (Å²) in [6.07, 6.45) is 0. The third kappa shape index (κ3) is 2.08. The second-order valence-electron chi connectivity index (χ2n) is 6.41. The third-order valence-electron chi connectivity index (χ3n) is 4.51. The average Bonchev–Trinajstić information content (AvgIpc) is 2.89. The molecule has 0 radical (unpaired) electrons. The number of hydrogen-bond acceptors (Lipinski definition) is 2. The van der Waals surface area contributed by atoms with E-state index >= 15 is 0 Å². The predicted octanol–water partition coefficient (Wildman–Crippen LogP) is 4.32. The Morgan fingerprint density at radius 1 is 1.13 bits per heavy atom. The number of para-hydroxylation sites is 2. The van der Waals surface area contributed by atoms with Gasteiger partial charge in [-0.3, -0.25) is 0 Å². The SMILES string of the molecule is CC1(C#N)CN(c2ccccc2-c2[nH]c3ccccc3c2F)C1. The lowest BCUT2D eigenvalue weighted by Crippen LogP contribution is -2.54. The Bertz CT molecular complexity index is 929. The molecule has 0 aliphatic carbocycles. The van der Waals surface area contributed by atoms with E-state index in [1.807, 2.05) is 49.4 Å². The predicted molar refractivity (Wildman–Crippen MR) is 89.6 cm³/mol. The molecule has 0 amide bonds. The van der Waals surface area contributed by atoms with Gasteiger partial charge in [-0.25, -0.2) is 4.39 Å². The van der Waals surface area contributed by atoms with Gasteiger partial charge in [0, 0.05) is 35.2 Å². The number of rotatable bonds is 2. The van der Waals surface area contributed by atoms with Crippen LogP contribution in [-0.2, 0) is 0 Å². The van der Waals surface area contributed by atoms with Crippen LogP contribution in [-0.4, -0.2) is 18.1 Å². The summed E-state index contributed by atoms with van der Waals surface area (Å²) in [6, 6.07) is 17.5. The second kappa shape index (κ2) is 4.85. The number of anilines is 1. The summed E-state index contributed by atoms with van der Waals surface area (Å²) in [5.41, 5.74) is 2.78. The van der Waals surface area contributed by atoms with E-state index in [0.717, 1.165) is 16.8 Å². The van der Waals surface area contributed by atoms with Gasteiger partial charge in [0.05, 0.1) is 17.2 Å². The molecule has 4 rings (SSSR count). The van der Waals surface area contributed by atoms with Gasteiger partial charge < -0.3 is 9.88 Å². The highest BCUT2D eigenvalue weighted by Crippen LogP contribution is 2.40. The minimum Gasteiger partial charge on any atom is -0.368 e. The van der Waals surface area contributed by atoms with Crippen LogP contribution in [0.3, 0.4) is 0 Å². The Morgan fingerprint density at radius 2 is 1.83 bits per heavy atom. The van der Waals surface area contributed by atoms with E-state index in [2.05, 4.69) is 16.0 Å². The largest absolute Gasteiger partial charge is 0.368 e. The molecule has 0 spiro atoms. The molecule has 1 aromatic heterocycles. The minimum absolute atomic E-state index is 0.225. The topological polar surface area (TPSA) is 42.8 Å². The molecule has 114 valence electrons. The molecule has 0 bridgehead atoms. The van der Waals surface area contributed by atoms with Gasteiger partial charge in [0.15, 0.2) is 5.82 Å². The first-order valence-electron chi connectivity index (χ1n) is 7.63. The van der Waals surface area contributed by atoms with Crippen molar-refractivity contribution in [1.82, 2.24) is 4.98 Å². The van der Waals surface area contributed by atoms with Crippen molar-refractivity contribution in [2.75, 3.05) is 18.0 Å². The fourth-order valence-corrected chi connectivity index (χ4v) is 3.29. The lowest BCUT2D eigenvalue weighted by Gasteiger charge is -2.45. The highest BCUT2D eigenvalue weighted by Gasteiger charge is 2.40. The number of benzene rings is 2.